The van der Waals surface area contributed by atoms with Crippen LogP contribution in [0.1, 0.15) is 55.8 Å². The normalized spacial score (nSPS) is 15.3. The Morgan fingerprint density at radius 2 is 1.93 bits per heavy atom. The number of piperidine rings is 1. The van der Waals surface area contributed by atoms with Gasteiger partial charge in [0.15, 0.2) is 0 Å². The number of carbonyl (C=O) groups excluding carboxylic acids is 1. The Hall–Kier alpha value is -2.41. The molecule has 0 saturated carbocycles. The third-order valence-corrected chi connectivity index (χ3v) is 5.48. The van der Waals surface area contributed by atoms with E-state index in [2.05, 4.69) is 4.98 Å². The predicted molar refractivity (Wildman–Crippen MR) is 110 cm³/mol. The minimum absolute atomic E-state index is 0.0949. The first-order chi connectivity index (χ1) is 13.3. The number of benzene rings is 1. The molecule has 1 N–H and O–H groups in total. The molecule has 0 unspecified atom stereocenters. The van der Waals surface area contributed by atoms with Gasteiger partial charge < -0.3 is 14.4 Å². The van der Waals surface area contributed by atoms with E-state index in [1.807, 2.05) is 56.5 Å². The number of likely N-dealkylation sites (tertiary alicyclic amines) is 1. The van der Waals surface area contributed by atoms with Crippen LogP contribution >= 0.6 is 11.3 Å². The standard InChI is InChI=1S/C21H27N3O3S/c1-21(2,3)27-20(25)24-11-9-16(10-12-24)19-23-17(14-28-19)18(22)26-13-15-7-5-4-6-8-15/h4-8,14,16,22H,9-13H2,1-3H3. The van der Waals surface area contributed by atoms with Crippen molar-refractivity contribution in [3.8, 4) is 0 Å². The van der Waals surface area contributed by atoms with Crippen LogP contribution in [-0.4, -0.2) is 40.6 Å². The molecule has 1 aliphatic rings. The van der Waals surface area contributed by atoms with E-state index in [1.165, 1.54) is 0 Å². The molecule has 0 spiro atoms. The van der Waals surface area contributed by atoms with Gasteiger partial charge in [-0.05, 0) is 39.2 Å². The van der Waals surface area contributed by atoms with Crippen molar-refractivity contribution in [2.75, 3.05) is 13.1 Å². The molecule has 28 heavy (non-hydrogen) atoms. The van der Waals surface area contributed by atoms with Crippen molar-refractivity contribution in [2.24, 2.45) is 0 Å². The molecule has 6 nitrogen and oxygen atoms in total. The van der Waals surface area contributed by atoms with Crippen LogP contribution in [0.4, 0.5) is 4.79 Å². The molecule has 1 aliphatic heterocycles. The monoisotopic (exact) mass is 401 g/mol. The lowest BCUT2D eigenvalue weighted by molar-refractivity contribution is 0.0205. The number of hydrogen-bond donors (Lipinski definition) is 1. The van der Waals surface area contributed by atoms with Crippen LogP contribution in [0.2, 0.25) is 0 Å². The van der Waals surface area contributed by atoms with Crippen molar-refractivity contribution in [3.63, 3.8) is 0 Å². The number of ether oxygens (including phenoxy) is 2. The summed E-state index contributed by atoms with van der Waals surface area (Å²) in [7, 11) is 0. The molecule has 1 aromatic carbocycles. The highest BCUT2D eigenvalue weighted by atomic mass is 32.1. The fourth-order valence-electron chi connectivity index (χ4n) is 3.02. The molecule has 0 radical (unpaired) electrons. The number of nitrogens with one attached hydrogen (secondary N) is 1. The van der Waals surface area contributed by atoms with Gasteiger partial charge in [-0.1, -0.05) is 30.3 Å². The van der Waals surface area contributed by atoms with Gasteiger partial charge in [0.05, 0.1) is 5.01 Å². The lowest BCUT2D eigenvalue weighted by Gasteiger charge is -2.32. The van der Waals surface area contributed by atoms with Gasteiger partial charge >= 0.3 is 6.09 Å². The number of hydrogen-bond acceptors (Lipinski definition) is 6. The first kappa shape index (κ1) is 20.3. The van der Waals surface area contributed by atoms with Gasteiger partial charge in [-0.25, -0.2) is 9.78 Å². The zero-order chi connectivity index (χ0) is 20.1. The van der Waals surface area contributed by atoms with Crippen molar-refractivity contribution in [3.05, 3.63) is 52.0 Å². The highest BCUT2D eigenvalue weighted by molar-refractivity contribution is 7.09. The molecule has 1 aromatic heterocycles. The van der Waals surface area contributed by atoms with Crippen molar-refractivity contribution in [1.29, 1.82) is 5.41 Å². The van der Waals surface area contributed by atoms with Gasteiger partial charge in [0.2, 0.25) is 5.90 Å². The van der Waals surface area contributed by atoms with Gasteiger partial charge in [-0.3, -0.25) is 5.41 Å². The topological polar surface area (TPSA) is 75.5 Å². The van der Waals surface area contributed by atoms with E-state index in [9.17, 15) is 4.79 Å². The van der Waals surface area contributed by atoms with E-state index in [0.29, 0.717) is 31.3 Å². The second-order valence-electron chi connectivity index (χ2n) is 7.92. The van der Waals surface area contributed by atoms with Gasteiger partial charge in [0, 0.05) is 24.4 Å². The Balaban J connectivity index is 1.50. The van der Waals surface area contributed by atoms with Crippen LogP contribution in [-0.2, 0) is 16.1 Å². The maximum Gasteiger partial charge on any atom is 0.410 e. The van der Waals surface area contributed by atoms with Crippen LogP contribution < -0.4 is 0 Å². The summed E-state index contributed by atoms with van der Waals surface area (Å²) in [6.07, 6.45) is 1.45. The molecule has 3 rings (SSSR count). The third-order valence-electron chi connectivity index (χ3n) is 4.48. The quantitative estimate of drug-likeness (QED) is 0.590. The SMILES string of the molecule is CC(C)(C)OC(=O)N1CCC(c2nc(C(=N)OCc3ccccc3)cs2)CC1. The smallest absolute Gasteiger partial charge is 0.410 e. The van der Waals surface area contributed by atoms with E-state index >= 15 is 0 Å². The Morgan fingerprint density at radius 1 is 1.25 bits per heavy atom. The number of thiazole rings is 1. The third kappa shape index (κ3) is 5.55. The Kier molecular flexibility index (Phi) is 6.34. The molecule has 0 bridgehead atoms. The van der Waals surface area contributed by atoms with Crippen LogP contribution in [0.25, 0.3) is 0 Å². The molecule has 1 saturated heterocycles. The molecular formula is C21H27N3O3S. The van der Waals surface area contributed by atoms with Crippen molar-refractivity contribution in [1.82, 2.24) is 9.88 Å². The number of nitrogens with zero attached hydrogens (tertiary/aromatic N) is 2. The van der Waals surface area contributed by atoms with Crippen molar-refractivity contribution < 1.29 is 14.3 Å². The largest absolute Gasteiger partial charge is 0.472 e. The number of amides is 1. The van der Waals surface area contributed by atoms with E-state index in [1.54, 1.807) is 16.2 Å². The fraction of sp³-hybridized carbons (Fsp3) is 0.476. The molecule has 0 atom stereocenters. The lowest BCUT2D eigenvalue weighted by atomic mass is 9.98. The summed E-state index contributed by atoms with van der Waals surface area (Å²) in [5, 5.41) is 11.0. The summed E-state index contributed by atoms with van der Waals surface area (Å²) in [6, 6.07) is 9.80. The van der Waals surface area contributed by atoms with Crippen LogP contribution in [0.15, 0.2) is 35.7 Å². The number of rotatable bonds is 4. The average Bonchev–Trinajstić information content (AvgIpc) is 3.16. The highest BCUT2D eigenvalue weighted by Crippen LogP contribution is 2.31. The summed E-state index contributed by atoms with van der Waals surface area (Å²) in [4.78, 5) is 18.6. The van der Waals surface area contributed by atoms with Gasteiger partial charge in [-0.15, -0.1) is 11.3 Å². The van der Waals surface area contributed by atoms with Gasteiger partial charge in [-0.2, -0.15) is 0 Å². The van der Waals surface area contributed by atoms with Gasteiger partial charge in [0.1, 0.15) is 17.9 Å². The maximum absolute atomic E-state index is 12.2. The molecule has 2 heterocycles. The fourth-order valence-corrected chi connectivity index (χ4v) is 3.99. The first-order valence-corrected chi connectivity index (χ1v) is 10.4. The minimum atomic E-state index is -0.474. The zero-order valence-electron chi connectivity index (χ0n) is 16.6. The minimum Gasteiger partial charge on any atom is -0.472 e. The summed E-state index contributed by atoms with van der Waals surface area (Å²) in [6.45, 7) is 7.32. The molecule has 150 valence electrons. The molecule has 7 heteroatoms. The van der Waals surface area contributed by atoms with E-state index in [4.69, 9.17) is 14.9 Å². The molecular weight excluding hydrogens is 374 g/mol. The second-order valence-corrected chi connectivity index (χ2v) is 8.81. The lowest BCUT2D eigenvalue weighted by Crippen LogP contribution is -2.41. The molecule has 1 fully saturated rings. The maximum atomic E-state index is 12.2. The Bertz CT molecular complexity index is 806. The van der Waals surface area contributed by atoms with E-state index in [-0.39, 0.29) is 12.0 Å². The van der Waals surface area contributed by atoms with Gasteiger partial charge in [0.25, 0.3) is 0 Å². The van der Waals surface area contributed by atoms with E-state index < -0.39 is 5.60 Å². The summed E-state index contributed by atoms with van der Waals surface area (Å²) in [5.74, 6) is 0.400. The molecule has 1 amide bonds. The van der Waals surface area contributed by atoms with Crippen molar-refractivity contribution >= 4 is 23.3 Å². The predicted octanol–water partition coefficient (Wildman–Crippen LogP) is 4.80. The number of carbonyl (C=O) groups is 1. The second kappa shape index (κ2) is 8.73. The Labute approximate surface area is 170 Å². The highest BCUT2D eigenvalue weighted by Gasteiger charge is 2.29. The zero-order valence-corrected chi connectivity index (χ0v) is 17.4. The number of aromatic nitrogens is 1. The van der Waals surface area contributed by atoms with E-state index in [0.717, 1.165) is 23.4 Å². The summed E-state index contributed by atoms with van der Waals surface area (Å²) in [5.41, 5.74) is 1.13. The molecule has 2 aromatic rings. The van der Waals surface area contributed by atoms with Crippen LogP contribution in [0.3, 0.4) is 0 Å². The Morgan fingerprint density at radius 3 is 2.57 bits per heavy atom. The average molecular weight is 402 g/mol. The van der Waals surface area contributed by atoms with Crippen molar-refractivity contribution in [2.45, 2.75) is 51.7 Å². The molecule has 0 aliphatic carbocycles. The van der Waals surface area contributed by atoms with Crippen LogP contribution in [0.5, 0.6) is 0 Å². The first-order valence-electron chi connectivity index (χ1n) is 9.51. The van der Waals surface area contributed by atoms with Crippen LogP contribution in [0, 0.1) is 5.41 Å². The summed E-state index contributed by atoms with van der Waals surface area (Å²) < 4.78 is 11.0. The summed E-state index contributed by atoms with van der Waals surface area (Å²) >= 11 is 1.56.